The van der Waals surface area contributed by atoms with Gasteiger partial charge in [0.05, 0.1) is 5.55 Å². The fourth-order valence-electron chi connectivity index (χ4n) is 0.573. The molecule has 90 valence electrons. The number of thioether (sulfide) groups is 1. The quantitative estimate of drug-likeness (QED) is 0.456. The zero-order valence-electron chi connectivity index (χ0n) is 10.4. The minimum atomic E-state index is 0.431. The molecule has 0 amide bonds. The van der Waals surface area contributed by atoms with Crippen molar-refractivity contribution in [3.8, 4) is 0 Å². The highest BCUT2D eigenvalue weighted by atomic mass is 32.2. The summed E-state index contributed by atoms with van der Waals surface area (Å²) < 4.78 is 0. The van der Waals surface area contributed by atoms with E-state index in [1.165, 1.54) is 18.1 Å². The highest BCUT2D eigenvalue weighted by molar-refractivity contribution is 8.11. The van der Waals surface area contributed by atoms with Crippen LogP contribution in [0.3, 0.4) is 0 Å². The van der Waals surface area contributed by atoms with Crippen LogP contribution in [0.4, 0.5) is 0 Å². The standard InChI is InChI=1S/C10H19N5S/c1-8(2)9(3)11-6-12-14-10(4)15-13-7-16-5/h6-8H,1-5H3,(H,14,15)/b11-9?,12-6-,13-7-. The highest BCUT2D eigenvalue weighted by Gasteiger charge is 1.94. The number of rotatable bonds is 5. The molecule has 6 heteroatoms. The van der Waals surface area contributed by atoms with Crippen molar-refractivity contribution in [2.24, 2.45) is 26.2 Å². The third kappa shape index (κ3) is 8.16. The van der Waals surface area contributed by atoms with Gasteiger partial charge in [-0.3, -0.25) is 5.43 Å². The molecule has 0 aromatic heterocycles. The van der Waals surface area contributed by atoms with Crippen LogP contribution in [0.5, 0.6) is 0 Å². The van der Waals surface area contributed by atoms with E-state index >= 15 is 0 Å². The predicted octanol–water partition coefficient (Wildman–Crippen LogP) is 2.36. The summed E-state index contributed by atoms with van der Waals surface area (Å²) in [4.78, 5) is 4.14. The molecule has 0 radical (unpaired) electrons. The third-order valence-electron chi connectivity index (χ3n) is 1.74. The summed E-state index contributed by atoms with van der Waals surface area (Å²) in [6.07, 6.45) is 3.37. The molecule has 0 spiro atoms. The van der Waals surface area contributed by atoms with E-state index in [-0.39, 0.29) is 0 Å². The summed E-state index contributed by atoms with van der Waals surface area (Å²) in [5, 5.41) is 11.6. The van der Waals surface area contributed by atoms with Crippen LogP contribution < -0.4 is 5.43 Å². The van der Waals surface area contributed by atoms with Crippen LogP contribution in [0.15, 0.2) is 20.3 Å². The van der Waals surface area contributed by atoms with Crippen LogP contribution in [0, 0.1) is 5.92 Å². The van der Waals surface area contributed by atoms with Gasteiger partial charge in [-0.1, -0.05) is 13.8 Å². The lowest BCUT2D eigenvalue weighted by molar-refractivity contribution is 0.881. The minimum absolute atomic E-state index is 0.431. The number of hydrogen-bond donors (Lipinski definition) is 1. The highest BCUT2D eigenvalue weighted by Crippen LogP contribution is 1.94. The Morgan fingerprint density at radius 3 is 2.56 bits per heavy atom. The van der Waals surface area contributed by atoms with Crippen LogP contribution in [0.2, 0.25) is 0 Å². The van der Waals surface area contributed by atoms with Crippen molar-refractivity contribution in [3.63, 3.8) is 0 Å². The van der Waals surface area contributed by atoms with Crippen LogP contribution in [0.25, 0.3) is 0 Å². The number of nitrogens with one attached hydrogen (secondary N) is 1. The molecule has 16 heavy (non-hydrogen) atoms. The Bertz CT molecular complexity index is 304. The Kier molecular flexibility index (Phi) is 8.42. The van der Waals surface area contributed by atoms with Gasteiger partial charge in [0.15, 0.2) is 0 Å². The van der Waals surface area contributed by atoms with Crippen molar-refractivity contribution >= 4 is 35.2 Å². The zero-order valence-corrected chi connectivity index (χ0v) is 11.2. The largest absolute Gasteiger partial charge is 0.263 e. The lowest BCUT2D eigenvalue weighted by Gasteiger charge is -1.99. The van der Waals surface area contributed by atoms with Gasteiger partial charge in [0.2, 0.25) is 0 Å². The maximum Gasteiger partial charge on any atom is 0.142 e. The number of amidine groups is 1. The number of aliphatic imine (C=N–C) groups is 1. The first kappa shape index (κ1) is 14.8. The predicted molar refractivity (Wildman–Crippen MR) is 74.7 cm³/mol. The van der Waals surface area contributed by atoms with E-state index in [0.29, 0.717) is 11.8 Å². The lowest BCUT2D eigenvalue weighted by atomic mass is 10.1. The second kappa shape index (κ2) is 9.08. The van der Waals surface area contributed by atoms with E-state index in [9.17, 15) is 0 Å². The van der Waals surface area contributed by atoms with Crippen molar-refractivity contribution in [2.75, 3.05) is 6.26 Å². The minimum Gasteiger partial charge on any atom is -0.263 e. The van der Waals surface area contributed by atoms with E-state index < -0.39 is 0 Å². The topological polar surface area (TPSA) is 61.5 Å². The Hall–Kier alpha value is -1.17. The fraction of sp³-hybridized carbons (Fsp3) is 0.600. The molecule has 0 aliphatic heterocycles. The zero-order chi connectivity index (χ0) is 12.4. The molecule has 0 atom stereocenters. The van der Waals surface area contributed by atoms with Gasteiger partial charge in [0.1, 0.15) is 12.2 Å². The van der Waals surface area contributed by atoms with E-state index in [1.807, 2.05) is 13.2 Å². The molecular weight excluding hydrogens is 222 g/mol. The molecule has 0 unspecified atom stereocenters. The molecule has 0 aliphatic rings. The molecule has 0 fully saturated rings. The van der Waals surface area contributed by atoms with E-state index in [1.54, 1.807) is 12.5 Å². The molecule has 0 saturated heterocycles. The number of hydrazone groups is 1. The summed E-state index contributed by atoms with van der Waals surface area (Å²) in [5.41, 5.74) is 5.45. The van der Waals surface area contributed by atoms with Gasteiger partial charge >= 0.3 is 0 Å². The average Bonchev–Trinajstić information content (AvgIpc) is 2.24. The van der Waals surface area contributed by atoms with Crippen molar-refractivity contribution in [2.45, 2.75) is 27.7 Å². The molecule has 5 nitrogen and oxygen atoms in total. The molecule has 0 rings (SSSR count). The van der Waals surface area contributed by atoms with Gasteiger partial charge in [-0.2, -0.15) is 5.10 Å². The van der Waals surface area contributed by atoms with Gasteiger partial charge in [-0.25, -0.2) is 4.99 Å². The van der Waals surface area contributed by atoms with E-state index in [0.717, 1.165) is 5.71 Å². The summed E-state index contributed by atoms with van der Waals surface area (Å²) >= 11 is 1.51. The second-order valence-corrected chi connectivity index (χ2v) is 4.11. The van der Waals surface area contributed by atoms with Gasteiger partial charge in [0, 0.05) is 5.71 Å². The maximum absolute atomic E-state index is 4.14. The molecule has 0 aliphatic carbocycles. The Labute approximate surface area is 101 Å². The van der Waals surface area contributed by atoms with Crippen molar-refractivity contribution < 1.29 is 0 Å². The molecule has 1 N–H and O–H groups in total. The Balaban J connectivity index is 4.11. The Morgan fingerprint density at radius 2 is 2.00 bits per heavy atom. The molecule has 0 bridgehead atoms. The van der Waals surface area contributed by atoms with Gasteiger partial charge in [-0.15, -0.1) is 22.0 Å². The summed E-state index contributed by atoms with van der Waals surface area (Å²) in [6.45, 7) is 7.92. The monoisotopic (exact) mass is 241 g/mol. The van der Waals surface area contributed by atoms with Gasteiger partial charge < -0.3 is 0 Å². The average molecular weight is 241 g/mol. The number of hydrogen-bond acceptors (Lipinski definition) is 4. The molecule has 0 heterocycles. The van der Waals surface area contributed by atoms with Crippen molar-refractivity contribution in [3.05, 3.63) is 0 Å². The van der Waals surface area contributed by atoms with E-state index in [4.69, 9.17) is 0 Å². The van der Waals surface area contributed by atoms with Crippen LogP contribution in [0.1, 0.15) is 27.7 Å². The molecular formula is C10H19N5S. The van der Waals surface area contributed by atoms with Gasteiger partial charge in [-0.05, 0) is 26.0 Å². The molecule has 0 saturated carbocycles. The fourth-order valence-corrected chi connectivity index (χ4v) is 0.731. The van der Waals surface area contributed by atoms with Crippen molar-refractivity contribution in [1.29, 1.82) is 0 Å². The first-order chi connectivity index (χ1) is 7.57. The summed E-state index contributed by atoms with van der Waals surface area (Å²) in [7, 11) is 0. The van der Waals surface area contributed by atoms with Crippen LogP contribution in [-0.2, 0) is 0 Å². The SMILES string of the molecule is CS/C=N\NC(C)=N/N=C\N=C(C)C(C)C. The first-order valence-electron chi connectivity index (χ1n) is 4.98. The maximum atomic E-state index is 4.14. The van der Waals surface area contributed by atoms with Crippen LogP contribution in [-0.4, -0.2) is 29.7 Å². The Morgan fingerprint density at radius 1 is 1.31 bits per heavy atom. The molecule has 0 aromatic rings. The van der Waals surface area contributed by atoms with Crippen LogP contribution >= 0.6 is 11.8 Å². The summed E-state index contributed by atoms with van der Waals surface area (Å²) in [5.74, 6) is 1.06. The second-order valence-electron chi connectivity index (χ2n) is 3.42. The third-order valence-corrected chi connectivity index (χ3v) is 2.06. The first-order valence-corrected chi connectivity index (χ1v) is 6.27. The van der Waals surface area contributed by atoms with Crippen molar-refractivity contribution in [1.82, 2.24) is 5.43 Å². The smallest absolute Gasteiger partial charge is 0.142 e. The molecule has 0 aromatic carbocycles. The lowest BCUT2D eigenvalue weighted by Crippen LogP contribution is -2.12. The normalized spacial score (nSPS) is 14.4. The number of nitrogens with zero attached hydrogens (tertiary/aromatic N) is 4. The van der Waals surface area contributed by atoms with Gasteiger partial charge in [0.25, 0.3) is 0 Å². The summed E-state index contributed by atoms with van der Waals surface area (Å²) in [6, 6.07) is 0. The van der Waals surface area contributed by atoms with E-state index in [2.05, 4.69) is 39.6 Å².